The predicted molar refractivity (Wildman–Crippen MR) is 82.3 cm³/mol. The van der Waals surface area contributed by atoms with Crippen molar-refractivity contribution in [2.75, 3.05) is 18.1 Å². The van der Waals surface area contributed by atoms with Gasteiger partial charge in [-0.2, -0.15) is 0 Å². The van der Waals surface area contributed by atoms with Crippen molar-refractivity contribution >= 4 is 29.9 Å². The fourth-order valence-electron chi connectivity index (χ4n) is 2.68. The summed E-state index contributed by atoms with van der Waals surface area (Å²) in [5.74, 6) is 0. The van der Waals surface area contributed by atoms with Gasteiger partial charge in [0.2, 0.25) is 0 Å². The van der Waals surface area contributed by atoms with Crippen LogP contribution in [0.3, 0.4) is 0 Å². The minimum absolute atomic E-state index is 0.202. The van der Waals surface area contributed by atoms with E-state index in [-0.39, 0.29) is 7.92 Å². The van der Waals surface area contributed by atoms with Crippen molar-refractivity contribution in [1.29, 1.82) is 0 Å². The molecule has 92 valence electrons. The number of rotatable bonds is 2. The highest BCUT2D eigenvalue weighted by atomic mass is 31.1. The van der Waals surface area contributed by atoms with Crippen LogP contribution in [0.2, 0.25) is 0 Å². The lowest BCUT2D eigenvalue weighted by molar-refractivity contribution is 0.888. The lowest BCUT2D eigenvalue weighted by Gasteiger charge is -2.36. The Kier molecular flexibility index (Phi) is 3.09. The third kappa shape index (κ3) is 1.74. The highest BCUT2D eigenvalue weighted by Crippen LogP contribution is 2.43. The molecule has 2 aromatic carbocycles. The summed E-state index contributed by atoms with van der Waals surface area (Å²) < 4.78 is 0. The van der Waals surface area contributed by atoms with Gasteiger partial charge >= 0.3 is 0 Å². The summed E-state index contributed by atoms with van der Waals surface area (Å²) in [5, 5.41) is 3.03. The molecule has 0 aromatic heterocycles. The Balaban J connectivity index is 2.20. The van der Waals surface area contributed by atoms with Crippen molar-refractivity contribution in [3.63, 3.8) is 0 Å². The first kappa shape index (κ1) is 11.7. The molecule has 0 saturated carbocycles. The topological polar surface area (TPSA) is 3.24 Å². The van der Waals surface area contributed by atoms with Crippen molar-refractivity contribution in [3.05, 3.63) is 48.5 Å². The van der Waals surface area contributed by atoms with Crippen LogP contribution in [0.5, 0.6) is 0 Å². The fourth-order valence-corrected chi connectivity index (χ4v) is 4.63. The molecule has 18 heavy (non-hydrogen) atoms. The van der Waals surface area contributed by atoms with Gasteiger partial charge in [-0.15, -0.1) is 0 Å². The van der Waals surface area contributed by atoms with Crippen LogP contribution in [0.4, 0.5) is 11.4 Å². The molecule has 0 bridgehead atoms. The zero-order chi connectivity index (χ0) is 12.5. The average Bonchev–Trinajstić information content (AvgIpc) is 2.43. The maximum atomic E-state index is 2.48. The molecule has 0 fully saturated rings. The van der Waals surface area contributed by atoms with Gasteiger partial charge < -0.3 is 4.90 Å². The molecule has 0 saturated heterocycles. The van der Waals surface area contributed by atoms with Gasteiger partial charge in [0.15, 0.2) is 0 Å². The molecule has 2 heteroatoms. The molecule has 0 spiro atoms. The Bertz CT molecular complexity index is 517. The van der Waals surface area contributed by atoms with Gasteiger partial charge in [0.05, 0.1) is 0 Å². The van der Waals surface area contributed by atoms with Crippen molar-refractivity contribution < 1.29 is 0 Å². The number of fused-ring (bicyclic) bond motifs is 2. The van der Waals surface area contributed by atoms with E-state index in [4.69, 9.17) is 0 Å². The van der Waals surface area contributed by atoms with E-state index < -0.39 is 0 Å². The van der Waals surface area contributed by atoms with Crippen LogP contribution in [0.25, 0.3) is 0 Å². The first-order valence-corrected chi connectivity index (χ1v) is 8.31. The standard InChI is InChI=1S/C16H18NP/c1-3-12-17-13-8-4-6-10-15(13)18(2)16-11-7-5-9-14(16)17/h4-11H,3,12H2,1-2H3. The minimum Gasteiger partial charge on any atom is -0.340 e. The molecule has 0 unspecified atom stereocenters. The van der Waals surface area contributed by atoms with Gasteiger partial charge in [0.25, 0.3) is 0 Å². The molecule has 1 aliphatic heterocycles. The van der Waals surface area contributed by atoms with Gasteiger partial charge in [-0.05, 0) is 33.1 Å². The highest BCUT2D eigenvalue weighted by molar-refractivity contribution is 7.73. The molecule has 2 aromatic rings. The zero-order valence-corrected chi connectivity index (χ0v) is 11.8. The number of benzene rings is 2. The second-order valence-corrected chi connectivity index (χ2v) is 6.77. The van der Waals surface area contributed by atoms with E-state index in [9.17, 15) is 0 Å². The third-order valence-electron chi connectivity index (χ3n) is 3.51. The van der Waals surface area contributed by atoms with E-state index in [1.165, 1.54) is 28.4 Å². The monoisotopic (exact) mass is 255 g/mol. The van der Waals surface area contributed by atoms with E-state index in [0.717, 1.165) is 6.54 Å². The summed E-state index contributed by atoms with van der Waals surface area (Å²) >= 11 is 0. The summed E-state index contributed by atoms with van der Waals surface area (Å²) in [6, 6.07) is 17.7. The molecule has 1 aliphatic rings. The van der Waals surface area contributed by atoms with E-state index in [1.54, 1.807) is 0 Å². The highest BCUT2D eigenvalue weighted by Gasteiger charge is 2.26. The number of hydrogen-bond acceptors (Lipinski definition) is 1. The van der Waals surface area contributed by atoms with Crippen molar-refractivity contribution in [1.82, 2.24) is 0 Å². The van der Waals surface area contributed by atoms with E-state index in [0.29, 0.717) is 0 Å². The van der Waals surface area contributed by atoms with Crippen molar-refractivity contribution in [2.24, 2.45) is 0 Å². The third-order valence-corrected chi connectivity index (χ3v) is 5.72. The number of nitrogens with zero attached hydrogens (tertiary/aromatic N) is 1. The molecule has 1 nitrogen and oxygen atoms in total. The molecular weight excluding hydrogens is 237 g/mol. The van der Waals surface area contributed by atoms with Crippen LogP contribution in [0.1, 0.15) is 13.3 Å². The Labute approximate surface area is 110 Å². The Morgan fingerprint density at radius 2 is 1.39 bits per heavy atom. The maximum Gasteiger partial charge on any atom is 0.0492 e. The van der Waals surface area contributed by atoms with Crippen molar-refractivity contribution in [3.8, 4) is 0 Å². The van der Waals surface area contributed by atoms with Crippen LogP contribution in [-0.2, 0) is 0 Å². The minimum atomic E-state index is -0.202. The quantitative estimate of drug-likeness (QED) is 0.741. The Hall–Kier alpha value is -1.33. The van der Waals surface area contributed by atoms with Crippen LogP contribution < -0.4 is 15.5 Å². The molecule has 0 N–H and O–H groups in total. The molecule has 0 atom stereocenters. The molecule has 1 heterocycles. The molecular formula is C16H18NP. The lowest BCUT2D eigenvalue weighted by Crippen LogP contribution is -2.33. The first-order valence-electron chi connectivity index (χ1n) is 6.52. The average molecular weight is 255 g/mol. The zero-order valence-electron chi connectivity index (χ0n) is 10.9. The normalized spacial score (nSPS) is 14.2. The first-order chi connectivity index (χ1) is 8.83. The SMILES string of the molecule is CCCN1c2ccccc2P(C)c2ccccc21. The van der Waals surface area contributed by atoms with Crippen LogP contribution in [0, 0.1) is 0 Å². The van der Waals surface area contributed by atoms with Crippen LogP contribution in [-0.4, -0.2) is 13.2 Å². The number of para-hydroxylation sites is 2. The van der Waals surface area contributed by atoms with Gasteiger partial charge in [-0.25, -0.2) is 0 Å². The van der Waals surface area contributed by atoms with Gasteiger partial charge in [0, 0.05) is 28.5 Å². The molecule has 0 radical (unpaired) electrons. The summed E-state index contributed by atoms with van der Waals surface area (Å²) in [7, 11) is -0.202. The van der Waals surface area contributed by atoms with Gasteiger partial charge in [-0.1, -0.05) is 43.3 Å². The summed E-state index contributed by atoms with van der Waals surface area (Å²) in [4.78, 5) is 2.48. The Morgan fingerprint density at radius 3 is 1.89 bits per heavy atom. The van der Waals surface area contributed by atoms with Gasteiger partial charge in [0.1, 0.15) is 0 Å². The second kappa shape index (κ2) is 4.74. The largest absolute Gasteiger partial charge is 0.340 e. The predicted octanol–water partition coefficient (Wildman–Crippen LogP) is 3.61. The van der Waals surface area contributed by atoms with E-state index in [1.807, 2.05) is 0 Å². The smallest absolute Gasteiger partial charge is 0.0492 e. The molecule has 3 rings (SSSR count). The fraction of sp³-hybridized carbons (Fsp3) is 0.250. The summed E-state index contributed by atoms with van der Waals surface area (Å²) in [6.45, 7) is 5.71. The van der Waals surface area contributed by atoms with E-state index in [2.05, 4.69) is 67.0 Å². The van der Waals surface area contributed by atoms with Crippen LogP contribution in [0.15, 0.2) is 48.5 Å². The summed E-state index contributed by atoms with van der Waals surface area (Å²) in [5.41, 5.74) is 2.82. The van der Waals surface area contributed by atoms with Gasteiger partial charge in [-0.3, -0.25) is 0 Å². The number of hydrogen-bond donors (Lipinski definition) is 0. The number of anilines is 2. The van der Waals surface area contributed by atoms with E-state index >= 15 is 0 Å². The maximum absolute atomic E-state index is 2.48. The van der Waals surface area contributed by atoms with Crippen LogP contribution >= 0.6 is 7.92 Å². The van der Waals surface area contributed by atoms with Crippen molar-refractivity contribution in [2.45, 2.75) is 13.3 Å². The molecule has 0 aliphatic carbocycles. The summed E-state index contributed by atoms with van der Waals surface area (Å²) in [6.07, 6.45) is 1.17. The second-order valence-electron chi connectivity index (χ2n) is 4.69. The Morgan fingerprint density at radius 1 is 0.889 bits per heavy atom. The molecule has 0 amide bonds. The lowest BCUT2D eigenvalue weighted by atomic mass is 10.2.